The lowest BCUT2D eigenvalue weighted by molar-refractivity contribution is -0.494. The summed E-state index contributed by atoms with van der Waals surface area (Å²) in [5.41, 5.74) is 3.06. The van der Waals surface area contributed by atoms with E-state index in [4.69, 9.17) is 9.47 Å². The van der Waals surface area contributed by atoms with E-state index in [0.29, 0.717) is 5.75 Å². The van der Waals surface area contributed by atoms with Crippen LogP contribution >= 0.6 is 0 Å². The SMILES string of the molecule is CCC/C=C(/CCN(C)C)c1c(C)cccc1O[C@H]1O[C@H](CO)[C@@H](O)[C@H](O)C1[O-]. The second-order valence-corrected chi connectivity index (χ2v) is 7.81. The lowest BCUT2D eigenvalue weighted by Gasteiger charge is -2.45. The maximum absolute atomic E-state index is 12.5. The summed E-state index contributed by atoms with van der Waals surface area (Å²) in [6.07, 6.45) is -2.13. The summed E-state index contributed by atoms with van der Waals surface area (Å²) in [6.45, 7) is 4.46. The smallest absolute Gasteiger partial charge is 0.190 e. The van der Waals surface area contributed by atoms with Gasteiger partial charge in [0.1, 0.15) is 18.0 Å². The van der Waals surface area contributed by atoms with Gasteiger partial charge >= 0.3 is 0 Å². The van der Waals surface area contributed by atoms with Gasteiger partial charge in [-0.2, -0.15) is 0 Å². The molecule has 1 heterocycles. The molecule has 7 heteroatoms. The van der Waals surface area contributed by atoms with Gasteiger partial charge in [-0.15, -0.1) is 0 Å². The van der Waals surface area contributed by atoms with Crippen molar-refractivity contribution in [2.45, 2.75) is 63.8 Å². The number of aryl methyl sites for hydroxylation is 1. The van der Waals surface area contributed by atoms with Crippen molar-refractivity contribution >= 4 is 5.57 Å². The van der Waals surface area contributed by atoms with Gasteiger partial charge in [0.25, 0.3) is 0 Å². The van der Waals surface area contributed by atoms with E-state index in [0.717, 1.165) is 42.5 Å². The predicted molar refractivity (Wildman–Crippen MR) is 109 cm³/mol. The Hall–Kier alpha value is -1.48. The quantitative estimate of drug-likeness (QED) is 0.552. The summed E-state index contributed by atoms with van der Waals surface area (Å²) in [5.74, 6) is 0.497. The monoisotopic (exact) mass is 408 g/mol. The zero-order valence-electron chi connectivity index (χ0n) is 17.7. The number of allylic oxidation sites excluding steroid dienone is 1. The summed E-state index contributed by atoms with van der Waals surface area (Å²) < 4.78 is 11.4. The summed E-state index contributed by atoms with van der Waals surface area (Å²) >= 11 is 0. The van der Waals surface area contributed by atoms with Crippen LogP contribution in [0.4, 0.5) is 0 Å². The predicted octanol–water partition coefficient (Wildman–Crippen LogP) is 0.677. The fraction of sp³-hybridized carbons (Fsp3) is 0.636. The highest BCUT2D eigenvalue weighted by Gasteiger charge is 2.40. The molecule has 164 valence electrons. The lowest BCUT2D eigenvalue weighted by atomic mass is 9.95. The first-order valence-electron chi connectivity index (χ1n) is 10.2. The molecular formula is C22H34NO6-. The van der Waals surface area contributed by atoms with Crippen molar-refractivity contribution in [3.63, 3.8) is 0 Å². The second-order valence-electron chi connectivity index (χ2n) is 7.81. The van der Waals surface area contributed by atoms with E-state index >= 15 is 0 Å². The van der Waals surface area contributed by atoms with Crippen LogP contribution in [0.25, 0.3) is 5.57 Å². The minimum atomic E-state index is -1.69. The Bertz CT molecular complexity index is 675. The Labute approximate surface area is 173 Å². The van der Waals surface area contributed by atoms with Gasteiger partial charge in [0.05, 0.1) is 12.7 Å². The van der Waals surface area contributed by atoms with Crippen LogP contribution in [-0.4, -0.2) is 78.2 Å². The van der Waals surface area contributed by atoms with Crippen LogP contribution in [0.1, 0.15) is 37.3 Å². The highest BCUT2D eigenvalue weighted by molar-refractivity contribution is 5.73. The molecule has 1 fully saturated rings. The van der Waals surface area contributed by atoms with Crippen LogP contribution in [0.15, 0.2) is 24.3 Å². The topological polar surface area (TPSA) is 105 Å². The van der Waals surface area contributed by atoms with Crippen LogP contribution in [0, 0.1) is 6.92 Å². The van der Waals surface area contributed by atoms with E-state index in [1.165, 1.54) is 0 Å². The molecule has 1 aliphatic heterocycles. The number of hydrogen-bond acceptors (Lipinski definition) is 7. The third-order valence-corrected chi connectivity index (χ3v) is 5.13. The Balaban J connectivity index is 2.35. The minimum absolute atomic E-state index is 0.497. The Morgan fingerprint density at radius 1 is 1.28 bits per heavy atom. The van der Waals surface area contributed by atoms with Crippen LogP contribution in [0.2, 0.25) is 0 Å². The molecule has 1 unspecified atom stereocenters. The molecule has 0 bridgehead atoms. The molecule has 1 aromatic rings. The van der Waals surface area contributed by atoms with Gasteiger partial charge < -0.3 is 34.8 Å². The molecule has 0 spiro atoms. The number of unbranched alkanes of at least 4 members (excludes halogenated alkanes) is 1. The Kier molecular flexibility index (Phi) is 9.07. The van der Waals surface area contributed by atoms with E-state index in [1.807, 2.05) is 33.2 Å². The van der Waals surface area contributed by atoms with Gasteiger partial charge in [-0.1, -0.05) is 31.6 Å². The lowest BCUT2D eigenvalue weighted by Crippen LogP contribution is -2.64. The first-order valence-corrected chi connectivity index (χ1v) is 10.2. The summed E-state index contributed by atoms with van der Waals surface area (Å²) in [5, 5.41) is 41.8. The molecule has 0 aliphatic carbocycles. The molecule has 2 rings (SSSR count). The van der Waals surface area contributed by atoms with E-state index < -0.39 is 37.3 Å². The number of rotatable bonds is 9. The highest BCUT2D eigenvalue weighted by atomic mass is 16.7. The van der Waals surface area contributed by atoms with Crippen LogP contribution in [-0.2, 0) is 4.74 Å². The second kappa shape index (κ2) is 11.1. The van der Waals surface area contributed by atoms with Crippen molar-refractivity contribution in [2.75, 3.05) is 27.2 Å². The molecule has 1 aromatic carbocycles. The highest BCUT2D eigenvalue weighted by Crippen LogP contribution is 2.34. The molecule has 7 nitrogen and oxygen atoms in total. The zero-order chi connectivity index (χ0) is 21.6. The molecular weight excluding hydrogens is 374 g/mol. The molecule has 5 atom stereocenters. The van der Waals surface area contributed by atoms with Crippen molar-refractivity contribution in [3.05, 3.63) is 35.4 Å². The van der Waals surface area contributed by atoms with Crippen LogP contribution in [0.3, 0.4) is 0 Å². The minimum Gasteiger partial charge on any atom is -0.846 e. The first kappa shape index (κ1) is 23.8. The molecule has 1 aliphatic rings. The Morgan fingerprint density at radius 3 is 2.62 bits per heavy atom. The van der Waals surface area contributed by atoms with Crippen molar-refractivity contribution in [3.8, 4) is 5.75 Å². The zero-order valence-corrected chi connectivity index (χ0v) is 17.7. The molecule has 1 saturated heterocycles. The summed E-state index contributed by atoms with van der Waals surface area (Å²) in [7, 11) is 4.04. The molecule has 29 heavy (non-hydrogen) atoms. The largest absolute Gasteiger partial charge is 0.846 e. The summed E-state index contributed by atoms with van der Waals surface area (Å²) in [4.78, 5) is 2.11. The average molecular weight is 409 g/mol. The molecule has 0 saturated carbocycles. The number of aliphatic hydroxyl groups is 3. The van der Waals surface area contributed by atoms with Crippen molar-refractivity contribution in [1.29, 1.82) is 0 Å². The standard InChI is InChI=1S/C22H34NO6/c1-5-6-9-15(11-12-23(3)4)18-14(2)8-7-10-16(18)28-22-21(27)20(26)19(25)17(13-24)29-22/h7-10,17,19-22,24-26H,5-6,11-13H2,1-4H3/q-1/b15-9-/t17-,19-,20+,21?,22+/m1/s1. The molecule has 3 N–H and O–H groups in total. The van der Waals surface area contributed by atoms with Crippen molar-refractivity contribution in [2.24, 2.45) is 0 Å². The average Bonchev–Trinajstić information content (AvgIpc) is 2.69. The van der Waals surface area contributed by atoms with Gasteiger partial charge in [-0.25, -0.2) is 0 Å². The third-order valence-electron chi connectivity index (χ3n) is 5.13. The van der Waals surface area contributed by atoms with E-state index in [2.05, 4.69) is 17.9 Å². The van der Waals surface area contributed by atoms with Gasteiger partial charge in [-0.05, 0) is 57.2 Å². The van der Waals surface area contributed by atoms with Crippen LogP contribution in [0.5, 0.6) is 5.75 Å². The van der Waals surface area contributed by atoms with Gasteiger partial charge in [-0.3, -0.25) is 0 Å². The van der Waals surface area contributed by atoms with E-state index in [1.54, 1.807) is 6.07 Å². The normalized spacial score (nSPS) is 28.0. The fourth-order valence-corrected chi connectivity index (χ4v) is 3.42. The number of aliphatic hydroxyl groups excluding tert-OH is 3. The van der Waals surface area contributed by atoms with Crippen LogP contribution < -0.4 is 9.84 Å². The maximum atomic E-state index is 12.5. The van der Waals surface area contributed by atoms with Gasteiger partial charge in [0, 0.05) is 12.1 Å². The Morgan fingerprint density at radius 2 is 2.00 bits per heavy atom. The molecule has 0 radical (unpaired) electrons. The number of hydrogen-bond donors (Lipinski definition) is 3. The maximum Gasteiger partial charge on any atom is 0.190 e. The number of ether oxygens (including phenoxy) is 2. The molecule has 0 aromatic heterocycles. The third kappa shape index (κ3) is 6.01. The number of nitrogens with zero attached hydrogens (tertiary/aromatic N) is 1. The summed E-state index contributed by atoms with van der Waals surface area (Å²) in [6, 6.07) is 5.61. The number of benzene rings is 1. The van der Waals surface area contributed by atoms with E-state index in [-0.39, 0.29) is 0 Å². The van der Waals surface area contributed by atoms with Gasteiger partial charge in [0.2, 0.25) is 0 Å². The van der Waals surface area contributed by atoms with Crippen molar-refractivity contribution in [1.82, 2.24) is 4.90 Å². The first-order chi connectivity index (χ1) is 13.8. The van der Waals surface area contributed by atoms with E-state index in [9.17, 15) is 20.4 Å². The van der Waals surface area contributed by atoms with Gasteiger partial charge in [0.15, 0.2) is 6.29 Å². The molecule has 0 amide bonds. The fourth-order valence-electron chi connectivity index (χ4n) is 3.42. The van der Waals surface area contributed by atoms with Crippen molar-refractivity contribution < 1.29 is 29.9 Å².